The summed E-state index contributed by atoms with van der Waals surface area (Å²) in [5.41, 5.74) is 1.98. The number of ether oxygens (including phenoxy) is 1. The van der Waals surface area contributed by atoms with Gasteiger partial charge in [-0.3, -0.25) is 5.32 Å². The van der Waals surface area contributed by atoms with Crippen molar-refractivity contribution >= 4 is 12.0 Å². The first-order valence-corrected chi connectivity index (χ1v) is 9.43. The number of esters is 1. The molecule has 0 radical (unpaired) electrons. The van der Waals surface area contributed by atoms with Gasteiger partial charge in [0, 0.05) is 12.2 Å². The molecule has 2 heterocycles. The van der Waals surface area contributed by atoms with Crippen LogP contribution < -0.4 is 16.0 Å². The molecule has 0 saturated carbocycles. The van der Waals surface area contributed by atoms with Crippen molar-refractivity contribution < 1.29 is 18.7 Å². The normalized spacial score (nSPS) is 17.6. The number of amides is 2. The maximum Gasteiger partial charge on any atom is 0.337 e. The van der Waals surface area contributed by atoms with Crippen molar-refractivity contribution in [2.24, 2.45) is 0 Å². The second-order valence-electron chi connectivity index (χ2n) is 6.41. The third-order valence-electron chi connectivity index (χ3n) is 4.59. The van der Waals surface area contributed by atoms with E-state index in [2.05, 4.69) is 16.0 Å². The van der Waals surface area contributed by atoms with Crippen LogP contribution in [0.15, 0.2) is 64.4 Å². The first-order valence-electron chi connectivity index (χ1n) is 9.43. The molecule has 1 aromatic heterocycles. The zero-order chi connectivity index (χ0) is 19.9. The molecule has 1 aliphatic heterocycles. The summed E-state index contributed by atoms with van der Waals surface area (Å²) in [5, 5.41) is 8.93. The molecule has 2 amide bonds. The van der Waals surface area contributed by atoms with Crippen LogP contribution in [0.25, 0.3) is 0 Å². The number of carbonyl (C=O) groups excluding carboxylic acids is 2. The SMILES string of the molecule is CCOC(=O)C1=C(CN[C@@H](c2ccccc2)c2ccco2)NC(=O)N[C@H]1CC. The summed E-state index contributed by atoms with van der Waals surface area (Å²) in [7, 11) is 0. The number of benzene rings is 1. The second-order valence-corrected chi connectivity index (χ2v) is 6.41. The number of carbonyl (C=O) groups is 2. The minimum Gasteiger partial charge on any atom is -0.467 e. The Morgan fingerprint density at radius 1 is 1.21 bits per heavy atom. The molecule has 3 rings (SSSR count). The summed E-state index contributed by atoms with van der Waals surface area (Å²) in [6.07, 6.45) is 2.21. The first-order chi connectivity index (χ1) is 13.6. The van der Waals surface area contributed by atoms with E-state index in [0.717, 1.165) is 11.3 Å². The summed E-state index contributed by atoms with van der Waals surface area (Å²) < 4.78 is 10.8. The van der Waals surface area contributed by atoms with Crippen molar-refractivity contribution in [2.75, 3.05) is 13.2 Å². The van der Waals surface area contributed by atoms with Crippen molar-refractivity contribution in [1.29, 1.82) is 0 Å². The van der Waals surface area contributed by atoms with Crippen LogP contribution in [0.3, 0.4) is 0 Å². The summed E-state index contributed by atoms with van der Waals surface area (Å²) >= 11 is 0. The van der Waals surface area contributed by atoms with Crippen LogP contribution >= 0.6 is 0 Å². The van der Waals surface area contributed by atoms with Crippen LogP contribution in [0, 0.1) is 0 Å². The molecule has 3 N–H and O–H groups in total. The van der Waals surface area contributed by atoms with Crippen LogP contribution in [0.2, 0.25) is 0 Å². The lowest BCUT2D eigenvalue weighted by molar-refractivity contribution is -0.139. The largest absolute Gasteiger partial charge is 0.467 e. The molecule has 2 atom stereocenters. The lowest BCUT2D eigenvalue weighted by atomic mass is 9.99. The smallest absolute Gasteiger partial charge is 0.337 e. The summed E-state index contributed by atoms with van der Waals surface area (Å²) in [4.78, 5) is 24.6. The van der Waals surface area contributed by atoms with Gasteiger partial charge < -0.3 is 19.8 Å². The minimum atomic E-state index is -0.423. The van der Waals surface area contributed by atoms with Crippen LogP contribution in [0.1, 0.15) is 37.6 Å². The third kappa shape index (κ3) is 4.43. The monoisotopic (exact) mass is 383 g/mol. The number of rotatable bonds is 8. The molecule has 0 unspecified atom stereocenters. The molecular formula is C21H25N3O4. The number of nitrogens with one attached hydrogen (secondary N) is 3. The fraction of sp³-hybridized carbons (Fsp3) is 0.333. The van der Waals surface area contributed by atoms with Crippen molar-refractivity contribution in [2.45, 2.75) is 32.4 Å². The highest BCUT2D eigenvalue weighted by Crippen LogP contribution is 2.23. The van der Waals surface area contributed by atoms with E-state index in [9.17, 15) is 9.59 Å². The van der Waals surface area contributed by atoms with Gasteiger partial charge in [-0.1, -0.05) is 37.3 Å². The van der Waals surface area contributed by atoms with Crippen molar-refractivity contribution in [3.63, 3.8) is 0 Å². The van der Waals surface area contributed by atoms with Gasteiger partial charge in [0.1, 0.15) is 5.76 Å². The van der Waals surface area contributed by atoms with Gasteiger partial charge >= 0.3 is 12.0 Å². The predicted octanol–water partition coefficient (Wildman–Crippen LogP) is 2.87. The van der Waals surface area contributed by atoms with E-state index >= 15 is 0 Å². The summed E-state index contributed by atoms with van der Waals surface area (Å²) in [6.45, 7) is 4.22. The Balaban J connectivity index is 1.89. The molecule has 0 spiro atoms. The van der Waals surface area contributed by atoms with Crippen LogP contribution in [0.4, 0.5) is 4.79 Å². The maximum absolute atomic E-state index is 12.5. The molecule has 0 fully saturated rings. The van der Waals surface area contributed by atoms with Crippen LogP contribution in [0.5, 0.6) is 0 Å². The van der Waals surface area contributed by atoms with Crippen LogP contribution in [-0.2, 0) is 9.53 Å². The van der Waals surface area contributed by atoms with Crippen LogP contribution in [-0.4, -0.2) is 31.2 Å². The molecule has 28 heavy (non-hydrogen) atoms. The average molecular weight is 383 g/mol. The minimum absolute atomic E-state index is 0.223. The summed E-state index contributed by atoms with van der Waals surface area (Å²) in [5.74, 6) is 0.324. The number of urea groups is 1. The Bertz CT molecular complexity index is 831. The topological polar surface area (TPSA) is 92.6 Å². The van der Waals surface area contributed by atoms with Gasteiger partial charge in [-0.2, -0.15) is 0 Å². The molecule has 0 saturated heterocycles. The quantitative estimate of drug-likeness (QED) is 0.610. The maximum atomic E-state index is 12.5. The Hall–Kier alpha value is -3.06. The fourth-order valence-electron chi connectivity index (χ4n) is 3.29. The van der Waals surface area contributed by atoms with Crippen molar-refractivity contribution in [3.05, 3.63) is 71.3 Å². The number of hydrogen-bond donors (Lipinski definition) is 3. The highest BCUT2D eigenvalue weighted by Gasteiger charge is 2.31. The zero-order valence-electron chi connectivity index (χ0n) is 16.0. The van der Waals surface area contributed by atoms with Gasteiger partial charge in [0.05, 0.1) is 30.5 Å². The molecule has 0 aliphatic carbocycles. The number of hydrogen-bond acceptors (Lipinski definition) is 5. The predicted molar refractivity (Wildman–Crippen MR) is 104 cm³/mol. The van der Waals surface area contributed by atoms with Gasteiger partial charge in [-0.05, 0) is 31.0 Å². The molecule has 0 bridgehead atoms. The van der Waals surface area contributed by atoms with E-state index in [1.165, 1.54) is 0 Å². The first kappa shape index (κ1) is 19.7. The highest BCUT2D eigenvalue weighted by molar-refractivity contribution is 5.94. The Kier molecular flexibility index (Phi) is 6.49. The van der Waals surface area contributed by atoms with E-state index in [1.807, 2.05) is 49.4 Å². The van der Waals surface area contributed by atoms with Crippen molar-refractivity contribution in [1.82, 2.24) is 16.0 Å². The number of furan rings is 1. The fourth-order valence-corrected chi connectivity index (χ4v) is 3.29. The van der Waals surface area contributed by atoms with Crippen molar-refractivity contribution in [3.8, 4) is 0 Å². The molecular weight excluding hydrogens is 358 g/mol. The molecule has 1 aliphatic rings. The Morgan fingerprint density at radius 3 is 2.64 bits per heavy atom. The molecule has 2 aromatic rings. The third-order valence-corrected chi connectivity index (χ3v) is 4.59. The lowest BCUT2D eigenvalue weighted by Crippen LogP contribution is -2.52. The zero-order valence-corrected chi connectivity index (χ0v) is 16.0. The second kappa shape index (κ2) is 9.23. The van der Waals surface area contributed by atoms with E-state index in [0.29, 0.717) is 17.7 Å². The molecule has 7 nitrogen and oxygen atoms in total. The van der Waals surface area contributed by atoms with Gasteiger partial charge in [-0.25, -0.2) is 9.59 Å². The van der Waals surface area contributed by atoms with Gasteiger partial charge in [0.2, 0.25) is 0 Å². The highest BCUT2D eigenvalue weighted by atomic mass is 16.5. The van der Waals surface area contributed by atoms with E-state index in [1.54, 1.807) is 13.2 Å². The lowest BCUT2D eigenvalue weighted by Gasteiger charge is -2.29. The van der Waals surface area contributed by atoms with E-state index in [-0.39, 0.29) is 31.3 Å². The molecule has 1 aromatic carbocycles. The Morgan fingerprint density at radius 2 is 2.00 bits per heavy atom. The molecule has 148 valence electrons. The average Bonchev–Trinajstić information content (AvgIpc) is 3.23. The van der Waals surface area contributed by atoms with E-state index in [4.69, 9.17) is 9.15 Å². The standard InChI is InChI=1S/C21H25N3O4/c1-3-15-18(20(25)27-4-2)16(24-21(26)23-15)13-22-19(17-11-8-12-28-17)14-9-6-5-7-10-14/h5-12,15,19,22H,3-4,13H2,1-2H3,(H2,23,24,26)/t15-,19-/m0/s1. The summed E-state index contributed by atoms with van der Waals surface area (Å²) in [6, 6.07) is 12.6. The Labute approximate surface area is 164 Å². The van der Waals surface area contributed by atoms with Gasteiger partial charge in [0.15, 0.2) is 0 Å². The molecule has 7 heteroatoms. The van der Waals surface area contributed by atoms with Gasteiger partial charge in [-0.15, -0.1) is 0 Å². The van der Waals surface area contributed by atoms with Gasteiger partial charge in [0.25, 0.3) is 0 Å². The van der Waals surface area contributed by atoms with E-state index < -0.39 is 5.97 Å².